The zero-order valence-corrected chi connectivity index (χ0v) is 16.5. The molecular weight excluding hydrogens is 387 g/mol. The van der Waals surface area contributed by atoms with Gasteiger partial charge >= 0.3 is 0 Å². The number of halogens is 3. The minimum atomic E-state index is -1.51. The average Bonchev–Trinajstić information content (AvgIpc) is 2.57. The summed E-state index contributed by atoms with van der Waals surface area (Å²) in [5.41, 5.74) is 1.69. The normalized spacial score (nSPS) is 12.0. The second kappa shape index (κ2) is 10.7. The summed E-state index contributed by atoms with van der Waals surface area (Å²) < 4.78 is 12.9. The monoisotopic (exact) mass is 406 g/mol. The van der Waals surface area contributed by atoms with Crippen LogP contribution in [0.25, 0.3) is 0 Å². The molecule has 1 unspecified atom stereocenters. The molecule has 0 radical (unpaired) electrons. The molecule has 2 rings (SSSR count). The predicted octanol–water partition coefficient (Wildman–Crippen LogP) is 4.79. The van der Waals surface area contributed by atoms with Gasteiger partial charge in [-0.2, -0.15) is 0 Å². The van der Waals surface area contributed by atoms with E-state index in [4.69, 9.17) is 49.4 Å². The van der Waals surface area contributed by atoms with Crippen LogP contribution < -0.4 is 9.47 Å². The summed E-state index contributed by atoms with van der Waals surface area (Å²) in [4.78, 5) is 0. The Morgan fingerprint density at radius 2 is 1.24 bits per heavy atom. The lowest BCUT2D eigenvalue weighted by molar-refractivity contribution is 0.0985. The van der Waals surface area contributed by atoms with E-state index in [9.17, 15) is 0 Å². The molecule has 0 amide bonds. The zero-order chi connectivity index (χ0) is 18.9. The van der Waals surface area contributed by atoms with Gasteiger partial charge in [-0.25, -0.2) is 0 Å². The summed E-state index contributed by atoms with van der Waals surface area (Å²) in [6.07, 6.45) is 0. The molecule has 0 heterocycles. The van der Waals surface area contributed by atoms with E-state index in [-0.39, 0.29) is 6.79 Å². The number of aliphatic hydroxyl groups excluding tert-OH is 1. The standard InChI is InChI=1S/C16H15Cl3O3.C2H6O/c1-21-13-6-2-11(3-7-13)15(16(17,18)19)12-4-8-14(9-5-12)22-10-20;1-3-2/h2-9,15,20H,10H2,1H3;1-2H3. The van der Waals surface area contributed by atoms with Crippen molar-refractivity contribution in [2.45, 2.75) is 9.71 Å². The fraction of sp³-hybridized carbons (Fsp3) is 0.333. The molecule has 0 aliphatic heterocycles. The lowest BCUT2D eigenvalue weighted by Crippen LogP contribution is -2.18. The molecule has 4 nitrogen and oxygen atoms in total. The number of hydrogen-bond donors (Lipinski definition) is 1. The number of ether oxygens (including phenoxy) is 3. The van der Waals surface area contributed by atoms with Crippen LogP contribution in [0.4, 0.5) is 0 Å². The molecule has 0 bridgehead atoms. The Kier molecular flexibility index (Phi) is 9.39. The number of hydrogen-bond acceptors (Lipinski definition) is 4. The van der Waals surface area contributed by atoms with Gasteiger partial charge in [0.25, 0.3) is 0 Å². The molecular formula is C18H21Cl3O4. The van der Waals surface area contributed by atoms with Crippen molar-refractivity contribution in [2.75, 3.05) is 28.1 Å². The molecule has 2 aromatic carbocycles. The summed E-state index contributed by atoms with van der Waals surface area (Å²) in [6, 6.07) is 14.4. The van der Waals surface area contributed by atoms with Crippen molar-refractivity contribution in [3.63, 3.8) is 0 Å². The summed E-state index contributed by atoms with van der Waals surface area (Å²) in [6.45, 7) is -0.383. The van der Waals surface area contributed by atoms with E-state index in [0.717, 1.165) is 16.9 Å². The van der Waals surface area contributed by atoms with Gasteiger partial charge < -0.3 is 19.3 Å². The minimum Gasteiger partial charge on any atom is -0.497 e. The second-order valence-electron chi connectivity index (χ2n) is 5.00. The molecule has 7 heteroatoms. The van der Waals surface area contributed by atoms with Crippen molar-refractivity contribution in [1.82, 2.24) is 0 Å². The molecule has 0 saturated heterocycles. The number of rotatable bonds is 5. The van der Waals surface area contributed by atoms with Gasteiger partial charge in [-0.05, 0) is 35.4 Å². The molecule has 25 heavy (non-hydrogen) atoms. The molecule has 0 fully saturated rings. The molecule has 1 N–H and O–H groups in total. The van der Waals surface area contributed by atoms with Gasteiger partial charge in [0.15, 0.2) is 6.79 Å². The maximum absolute atomic E-state index is 8.76. The van der Waals surface area contributed by atoms with Crippen LogP contribution in [-0.2, 0) is 4.74 Å². The van der Waals surface area contributed by atoms with Gasteiger partial charge in [-0.3, -0.25) is 0 Å². The van der Waals surface area contributed by atoms with Gasteiger partial charge in [-0.15, -0.1) is 0 Å². The molecule has 0 spiro atoms. The summed E-state index contributed by atoms with van der Waals surface area (Å²) in [5.74, 6) is 0.842. The van der Waals surface area contributed by atoms with Gasteiger partial charge in [0.05, 0.1) is 13.0 Å². The van der Waals surface area contributed by atoms with Crippen molar-refractivity contribution < 1.29 is 19.3 Å². The Balaban J connectivity index is 0.000000970. The maximum atomic E-state index is 8.76. The van der Waals surface area contributed by atoms with Crippen LogP contribution in [0.2, 0.25) is 0 Å². The van der Waals surface area contributed by atoms with Crippen LogP contribution in [0.15, 0.2) is 48.5 Å². The largest absolute Gasteiger partial charge is 0.497 e. The highest BCUT2D eigenvalue weighted by molar-refractivity contribution is 6.68. The zero-order valence-electron chi connectivity index (χ0n) is 14.2. The molecule has 0 aliphatic carbocycles. The summed E-state index contributed by atoms with van der Waals surface area (Å²) >= 11 is 18.5. The quantitative estimate of drug-likeness (QED) is 0.572. The first-order valence-corrected chi connectivity index (χ1v) is 8.45. The van der Waals surface area contributed by atoms with Gasteiger partial charge in [0, 0.05) is 14.2 Å². The SMILES string of the molecule is COC.COc1ccc(C(c2ccc(OCO)cc2)C(Cl)(Cl)Cl)cc1. The molecule has 0 saturated carbocycles. The van der Waals surface area contributed by atoms with E-state index >= 15 is 0 Å². The first kappa shape index (κ1) is 21.9. The van der Waals surface area contributed by atoms with Gasteiger partial charge in [0.2, 0.25) is 3.79 Å². The Bertz CT molecular complexity index is 610. The third kappa shape index (κ3) is 6.92. The van der Waals surface area contributed by atoms with Crippen LogP contribution in [0.3, 0.4) is 0 Å². The molecule has 2 aromatic rings. The third-order valence-corrected chi connectivity index (χ3v) is 3.88. The Morgan fingerprint density at radius 1 is 0.840 bits per heavy atom. The first-order valence-electron chi connectivity index (χ1n) is 7.31. The molecule has 0 aliphatic rings. The fourth-order valence-electron chi connectivity index (χ4n) is 2.20. The van der Waals surface area contributed by atoms with Crippen molar-refractivity contribution in [3.05, 3.63) is 59.7 Å². The van der Waals surface area contributed by atoms with Crippen molar-refractivity contribution in [1.29, 1.82) is 0 Å². The van der Waals surface area contributed by atoms with E-state index in [1.165, 1.54) is 0 Å². The molecule has 0 aromatic heterocycles. The van der Waals surface area contributed by atoms with E-state index < -0.39 is 9.71 Å². The molecule has 138 valence electrons. The van der Waals surface area contributed by atoms with Crippen LogP contribution >= 0.6 is 34.8 Å². The van der Waals surface area contributed by atoms with Crippen molar-refractivity contribution in [2.24, 2.45) is 0 Å². The highest BCUT2D eigenvalue weighted by Gasteiger charge is 2.35. The number of aliphatic hydroxyl groups is 1. The van der Waals surface area contributed by atoms with Crippen molar-refractivity contribution in [3.8, 4) is 11.5 Å². The Hall–Kier alpha value is -1.17. The molecule has 1 atom stereocenters. The van der Waals surface area contributed by atoms with Gasteiger partial charge in [-0.1, -0.05) is 59.1 Å². The third-order valence-electron chi connectivity index (χ3n) is 3.22. The van der Waals surface area contributed by atoms with E-state index in [1.54, 1.807) is 33.5 Å². The summed E-state index contributed by atoms with van der Waals surface area (Å²) in [5, 5.41) is 8.76. The minimum absolute atomic E-state index is 0.383. The van der Waals surface area contributed by atoms with Crippen LogP contribution in [0.5, 0.6) is 11.5 Å². The van der Waals surface area contributed by atoms with Gasteiger partial charge in [0.1, 0.15) is 11.5 Å². The fourth-order valence-corrected chi connectivity index (χ4v) is 2.95. The number of methoxy groups -OCH3 is 2. The highest BCUT2D eigenvalue weighted by Crippen LogP contribution is 2.46. The topological polar surface area (TPSA) is 47.9 Å². The summed E-state index contributed by atoms with van der Waals surface area (Å²) in [7, 11) is 4.85. The maximum Gasteiger partial charge on any atom is 0.201 e. The van der Waals surface area contributed by atoms with Crippen LogP contribution in [-0.4, -0.2) is 37.0 Å². The number of alkyl halides is 3. The lowest BCUT2D eigenvalue weighted by Gasteiger charge is -2.25. The van der Waals surface area contributed by atoms with E-state index in [2.05, 4.69) is 4.74 Å². The van der Waals surface area contributed by atoms with E-state index in [0.29, 0.717) is 5.75 Å². The number of benzene rings is 2. The van der Waals surface area contributed by atoms with Crippen LogP contribution in [0.1, 0.15) is 17.0 Å². The predicted molar refractivity (Wildman–Crippen MR) is 102 cm³/mol. The smallest absolute Gasteiger partial charge is 0.201 e. The van der Waals surface area contributed by atoms with Crippen molar-refractivity contribution >= 4 is 34.8 Å². The first-order chi connectivity index (χ1) is 11.9. The lowest BCUT2D eigenvalue weighted by atomic mass is 9.92. The highest BCUT2D eigenvalue weighted by atomic mass is 35.6. The Morgan fingerprint density at radius 3 is 1.56 bits per heavy atom. The van der Waals surface area contributed by atoms with E-state index in [1.807, 2.05) is 36.4 Å². The average molecular weight is 408 g/mol. The van der Waals surface area contributed by atoms with Crippen LogP contribution in [0, 0.1) is 0 Å². The Labute approximate surface area is 163 Å². The second-order valence-corrected chi connectivity index (χ2v) is 7.37.